The van der Waals surface area contributed by atoms with E-state index < -0.39 is 11.7 Å². The van der Waals surface area contributed by atoms with E-state index in [-0.39, 0.29) is 6.54 Å². The van der Waals surface area contributed by atoms with Crippen molar-refractivity contribution in [1.82, 2.24) is 9.80 Å². The number of carbonyl (C=O) groups is 1. The van der Waals surface area contributed by atoms with E-state index in [0.717, 1.165) is 44.5 Å². The van der Waals surface area contributed by atoms with Crippen LogP contribution in [-0.4, -0.2) is 59.4 Å². The summed E-state index contributed by atoms with van der Waals surface area (Å²) in [6, 6.07) is 7.60. The summed E-state index contributed by atoms with van der Waals surface area (Å²) >= 11 is 0.564. The maximum atomic E-state index is 12.3. The highest BCUT2D eigenvalue weighted by Crippen LogP contribution is 2.25. The molecule has 1 atom stereocenters. The molecule has 1 aromatic carbocycles. The maximum absolute atomic E-state index is 12.3. The van der Waals surface area contributed by atoms with Gasteiger partial charge in [0.1, 0.15) is 0 Å². The van der Waals surface area contributed by atoms with Gasteiger partial charge in [-0.15, -0.1) is 0 Å². The van der Waals surface area contributed by atoms with E-state index in [0.29, 0.717) is 22.7 Å². The number of rotatable bonds is 7. The van der Waals surface area contributed by atoms with Gasteiger partial charge in [0.2, 0.25) is 0 Å². The summed E-state index contributed by atoms with van der Waals surface area (Å²) in [5.41, 5.74) is 1.12. The number of likely N-dealkylation sites (N-methyl/N-ethyl adjacent to an activating group) is 1. The smallest absolute Gasteiger partial charge is 0.317 e. The molecule has 134 valence electrons. The third kappa shape index (κ3) is 6.37. The summed E-state index contributed by atoms with van der Waals surface area (Å²) in [5, 5.41) is 8.91. The number of thioether (sulfide) groups is 1. The first-order valence-electron chi connectivity index (χ1n) is 8.12. The second-order valence-corrected chi connectivity index (χ2v) is 7.26. The molecule has 1 heterocycles. The zero-order chi connectivity index (χ0) is 17.5. The van der Waals surface area contributed by atoms with Gasteiger partial charge in [-0.05, 0) is 57.1 Å². The van der Waals surface area contributed by atoms with Crippen LogP contribution in [0.4, 0.5) is 8.78 Å². The lowest BCUT2D eigenvalue weighted by Crippen LogP contribution is -2.36. The van der Waals surface area contributed by atoms with E-state index in [9.17, 15) is 13.6 Å². The fraction of sp³-hybridized carbons (Fsp3) is 0.588. The van der Waals surface area contributed by atoms with Crippen molar-refractivity contribution < 1.29 is 18.7 Å². The Kier molecular flexibility index (Phi) is 7.45. The molecule has 7 heteroatoms. The van der Waals surface area contributed by atoms with Crippen LogP contribution in [0.2, 0.25) is 0 Å². The summed E-state index contributed by atoms with van der Waals surface area (Å²) in [7, 11) is 1.87. The number of benzene rings is 1. The molecule has 0 radical (unpaired) electrons. The molecule has 0 amide bonds. The van der Waals surface area contributed by atoms with Gasteiger partial charge in [-0.2, -0.15) is 8.78 Å². The van der Waals surface area contributed by atoms with Crippen molar-refractivity contribution in [2.75, 3.05) is 26.7 Å². The van der Waals surface area contributed by atoms with Crippen LogP contribution in [-0.2, 0) is 11.3 Å². The SMILES string of the molecule is CN(CC(=O)O)C1CCCN(Cc2ccc(SC(F)F)cc2)CC1. The molecule has 1 aliphatic heterocycles. The van der Waals surface area contributed by atoms with Crippen molar-refractivity contribution in [3.63, 3.8) is 0 Å². The maximum Gasteiger partial charge on any atom is 0.317 e. The molecule has 0 aliphatic carbocycles. The molecule has 4 nitrogen and oxygen atoms in total. The van der Waals surface area contributed by atoms with Crippen molar-refractivity contribution >= 4 is 17.7 Å². The highest BCUT2D eigenvalue weighted by Gasteiger charge is 2.21. The van der Waals surface area contributed by atoms with Gasteiger partial charge in [0.05, 0.1) is 6.54 Å². The molecule has 24 heavy (non-hydrogen) atoms. The van der Waals surface area contributed by atoms with Crippen molar-refractivity contribution in [2.45, 2.75) is 42.5 Å². The molecule has 0 spiro atoms. The van der Waals surface area contributed by atoms with Gasteiger partial charge in [0.25, 0.3) is 5.76 Å². The van der Waals surface area contributed by atoms with Gasteiger partial charge in [-0.1, -0.05) is 23.9 Å². The molecule has 0 bridgehead atoms. The second-order valence-electron chi connectivity index (χ2n) is 6.19. The van der Waals surface area contributed by atoms with E-state index in [2.05, 4.69) is 4.90 Å². The van der Waals surface area contributed by atoms with Gasteiger partial charge >= 0.3 is 5.97 Å². The lowest BCUT2D eigenvalue weighted by atomic mass is 10.1. The number of likely N-dealkylation sites (tertiary alicyclic amines) is 1. The first kappa shape index (κ1) is 19.1. The summed E-state index contributed by atoms with van der Waals surface area (Å²) in [5.74, 6) is -3.18. The lowest BCUT2D eigenvalue weighted by Gasteiger charge is -2.25. The summed E-state index contributed by atoms with van der Waals surface area (Å²) in [4.78, 5) is 15.7. The monoisotopic (exact) mass is 358 g/mol. The molecular formula is C17H24F2N2O2S. The number of carboxylic acid groups (broad SMARTS) is 1. The van der Waals surface area contributed by atoms with Crippen molar-refractivity contribution in [1.29, 1.82) is 0 Å². The molecule has 1 fully saturated rings. The normalized spacial score (nSPS) is 19.6. The first-order chi connectivity index (χ1) is 11.4. The molecule has 1 unspecified atom stereocenters. The third-order valence-electron chi connectivity index (χ3n) is 4.35. The lowest BCUT2D eigenvalue weighted by molar-refractivity contribution is -0.138. The first-order valence-corrected chi connectivity index (χ1v) is 9.00. The summed E-state index contributed by atoms with van der Waals surface area (Å²) in [6.45, 7) is 2.77. The topological polar surface area (TPSA) is 43.8 Å². The van der Waals surface area contributed by atoms with Crippen molar-refractivity contribution in [2.24, 2.45) is 0 Å². The number of nitrogens with zero attached hydrogens (tertiary/aromatic N) is 2. The standard InChI is InChI=1S/C17H24F2N2O2S/c1-20(12-16(22)23)14-3-2-9-21(10-8-14)11-13-4-6-15(7-5-13)24-17(18)19/h4-7,14,17H,2-3,8-12H2,1H3,(H,22,23). The van der Waals surface area contributed by atoms with Crippen molar-refractivity contribution in [3.05, 3.63) is 29.8 Å². The van der Waals surface area contributed by atoms with Crippen LogP contribution in [0.5, 0.6) is 0 Å². The van der Waals surface area contributed by atoms with Crippen LogP contribution in [0.15, 0.2) is 29.2 Å². The fourth-order valence-electron chi connectivity index (χ4n) is 3.11. The Morgan fingerprint density at radius 3 is 2.67 bits per heavy atom. The Morgan fingerprint density at radius 1 is 1.33 bits per heavy atom. The Morgan fingerprint density at radius 2 is 2.04 bits per heavy atom. The van der Waals surface area contributed by atoms with E-state index in [4.69, 9.17) is 5.11 Å². The van der Waals surface area contributed by atoms with Gasteiger partial charge < -0.3 is 5.11 Å². The third-order valence-corrected chi connectivity index (χ3v) is 5.08. The predicted molar refractivity (Wildman–Crippen MR) is 91.5 cm³/mol. The highest BCUT2D eigenvalue weighted by atomic mass is 32.2. The molecule has 0 saturated carbocycles. The molecule has 1 aliphatic rings. The van der Waals surface area contributed by atoms with Crippen LogP contribution in [0.1, 0.15) is 24.8 Å². The van der Waals surface area contributed by atoms with Crippen LogP contribution in [0.3, 0.4) is 0 Å². The van der Waals surface area contributed by atoms with Crippen LogP contribution < -0.4 is 0 Å². The van der Waals surface area contributed by atoms with Crippen LogP contribution >= 0.6 is 11.8 Å². The van der Waals surface area contributed by atoms with E-state index in [1.54, 1.807) is 12.1 Å². The second kappa shape index (κ2) is 9.34. The van der Waals surface area contributed by atoms with Crippen LogP contribution in [0, 0.1) is 0 Å². The van der Waals surface area contributed by atoms with E-state index in [1.807, 2.05) is 24.1 Å². The molecule has 0 aromatic heterocycles. The quantitative estimate of drug-likeness (QED) is 0.757. The van der Waals surface area contributed by atoms with Gasteiger partial charge in [-0.25, -0.2) is 0 Å². The predicted octanol–water partition coefficient (Wildman–Crippen LogP) is 3.37. The Balaban J connectivity index is 1.84. The number of alkyl halides is 2. The Hall–Kier alpha value is -1.18. The molecular weight excluding hydrogens is 334 g/mol. The Labute approximate surface area is 145 Å². The van der Waals surface area contributed by atoms with Gasteiger partial charge in [-0.3, -0.25) is 14.6 Å². The summed E-state index contributed by atoms with van der Waals surface area (Å²) in [6.07, 6.45) is 2.99. The van der Waals surface area contributed by atoms with Gasteiger partial charge in [0, 0.05) is 17.5 Å². The molecule has 1 N–H and O–H groups in total. The zero-order valence-electron chi connectivity index (χ0n) is 13.8. The highest BCUT2D eigenvalue weighted by molar-refractivity contribution is 7.99. The van der Waals surface area contributed by atoms with E-state index in [1.165, 1.54) is 0 Å². The van der Waals surface area contributed by atoms with E-state index >= 15 is 0 Å². The zero-order valence-corrected chi connectivity index (χ0v) is 14.6. The fourth-order valence-corrected chi connectivity index (χ4v) is 3.61. The molecule has 1 aromatic rings. The van der Waals surface area contributed by atoms with Crippen molar-refractivity contribution in [3.8, 4) is 0 Å². The number of hydrogen-bond acceptors (Lipinski definition) is 4. The largest absolute Gasteiger partial charge is 0.480 e. The van der Waals surface area contributed by atoms with Gasteiger partial charge in [0.15, 0.2) is 0 Å². The number of carboxylic acids is 1. The minimum absolute atomic E-state index is 0.0773. The summed E-state index contributed by atoms with van der Waals surface area (Å²) < 4.78 is 24.7. The van der Waals surface area contributed by atoms with Crippen LogP contribution in [0.25, 0.3) is 0 Å². The average Bonchev–Trinajstić information content (AvgIpc) is 2.74. The molecule has 1 saturated heterocycles. The number of aliphatic carboxylic acids is 1. The minimum atomic E-state index is -2.39. The minimum Gasteiger partial charge on any atom is -0.480 e. The number of halogens is 2. The average molecular weight is 358 g/mol. The number of hydrogen-bond donors (Lipinski definition) is 1. The Bertz CT molecular complexity index is 528. The molecule has 2 rings (SSSR count).